The maximum Gasteiger partial charge on any atom is 0.292 e. The third kappa shape index (κ3) is 3.40. The van der Waals surface area contributed by atoms with Crippen LogP contribution in [0.5, 0.6) is 0 Å². The number of carbonyl (C=O) groups is 1. The van der Waals surface area contributed by atoms with Crippen molar-refractivity contribution in [3.63, 3.8) is 0 Å². The van der Waals surface area contributed by atoms with Crippen LogP contribution in [0, 0.1) is 0 Å². The Morgan fingerprint density at radius 3 is 2.68 bits per heavy atom. The van der Waals surface area contributed by atoms with Crippen molar-refractivity contribution < 1.29 is 14.3 Å². The molecule has 174 valence electrons. The van der Waals surface area contributed by atoms with Gasteiger partial charge >= 0.3 is 0 Å². The highest BCUT2D eigenvalue weighted by atomic mass is 16.4. The molecule has 4 heterocycles. The molecule has 1 fully saturated rings. The summed E-state index contributed by atoms with van der Waals surface area (Å²) in [6.45, 7) is 5.77. The predicted octanol–water partition coefficient (Wildman–Crippen LogP) is 4.40. The van der Waals surface area contributed by atoms with E-state index < -0.39 is 11.6 Å². The molecule has 8 nitrogen and oxygen atoms in total. The van der Waals surface area contributed by atoms with Crippen LogP contribution in [0.15, 0.2) is 47.3 Å². The summed E-state index contributed by atoms with van der Waals surface area (Å²) in [4.78, 5) is 33.0. The van der Waals surface area contributed by atoms with Crippen LogP contribution < -0.4 is 0 Å². The standard InChI is InChI=1S/C26H27N5O3/c1-14-12-31(24(32)23-20(15-8-9-15)30-25(34-23)26(2,3)33)22(21-19(14)28-13-29-21)18-10-16-6-4-5-7-17(16)11-27-18/h4-7,10-11,13-15,22,33H,8-9,12H2,1-3H3,(H,28,29)/t14-,22-/m1/s1. The summed E-state index contributed by atoms with van der Waals surface area (Å²) >= 11 is 0. The minimum absolute atomic E-state index is 0.0444. The Morgan fingerprint density at radius 1 is 1.18 bits per heavy atom. The van der Waals surface area contributed by atoms with E-state index in [0.717, 1.165) is 40.7 Å². The Bertz CT molecular complexity index is 1390. The van der Waals surface area contributed by atoms with Gasteiger partial charge in [-0.25, -0.2) is 9.97 Å². The Balaban J connectivity index is 1.48. The number of nitrogens with zero attached hydrogens (tertiary/aromatic N) is 4. The van der Waals surface area contributed by atoms with Crippen LogP contribution in [0.25, 0.3) is 10.8 Å². The van der Waals surface area contributed by atoms with Crippen molar-refractivity contribution in [3.05, 3.63) is 77.3 Å². The summed E-state index contributed by atoms with van der Waals surface area (Å²) in [5, 5.41) is 12.6. The fraction of sp³-hybridized carbons (Fsp3) is 0.385. The number of amides is 1. The van der Waals surface area contributed by atoms with Gasteiger partial charge < -0.3 is 19.4 Å². The summed E-state index contributed by atoms with van der Waals surface area (Å²) in [6, 6.07) is 9.64. The number of H-pyrrole nitrogens is 1. The zero-order chi connectivity index (χ0) is 23.6. The van der Waals surface area contributed by atoms with E-state index in [1.54, 1.807) is 20.2 Å². The van der Waals surface area contributed by atoms with E-state index >= 15 is 0 Å². The molecule has 0 unspecified atom stereocenters. The van der Waals surface area contributed by atoms with Crippen molar-refractivity contribution in [2.45, 2.75) is 57.1 Å². The Hall–Kier alpha value is -3.52. The highest BCUT2D eigenvalue weighted by molar-refractivity contribution is 5.94. The van der Waals surface area contributed by atoms with Gasteiger partial charge in [0.15, 0.2) is 0 Å². The van der Waals surface area contributed by atoms with Gasteiger partial charge in [-0.3, -0.25) is 9.78 Å². The predicted molar refractivity (Wildman–Crippen MR) is 125 cm³/mol. The van der Waals surface area contributed by atoms with E-state index in [1.807, 2.05) is 41.4 Å². The van der Waals surface area contributed by atoms with Crippen molar-refractivity contribution in [1.29, 1.82) is 0 Å². The lowest BCUT2D eigenvalue weighted by atomic mass is 9.92. The van der Waals surface area contributed by atoms with Gasteiger partial charge in [0.2, 0.25) is 11.7 Å². The largest absolute Gasteiger partial charge is 0.432 e. The van der Waals surface area contributed by atoms with Gasteiger partial charge in [-0.1, -0.05) is 31.2 Å². The molecule has 6 rings (SSSR count). The molecular formula is C26H27N5O3. The minimum atomic E-state index is -1.27. The second kappa shape index (κ2) is 7.50. The van der Waals surface area contributed by atoms with Gasteiger partial charge in [0.05, 0.1) is 29.1 Å². The number of imidazole rings is 1. The molecule has 34 heavy (non-hydrogen) atoms. The molecule has 0 radical (unpaired) electrons. The summed E-state index contributed by atoms with van der Waals surface area (Å²) in [5.41, 5.74) is 1.95. The van der Waals surface area contributed by atoms with E-state index in [0.29, 0.717) is 12.2 Å². The molecule has 1 amide bonds. The topological polar surface area (TPSA) is 108 Å². The summed E-state index contributed by atoms with van der Waals surface area (Å²) in [7, 11) is 0. The zero-order valence-electron chi connectivity index (χ0n) is 19.4. The summed E-state index contributed by atoms with van der Waals surface area (Å²) in [5.74, 6) is 0.395. The van der Waals surface area contributed by atoms with E-state index in [-0.39, 0.29) is 29.4 Å². The Labute approximate surface area is 197 Å². The van der Waals surface area contributed by atoms with Crippen LogP contribution in [-0.4, -0.2) is 42.4 Å². The van der Waals surface area contributed by atoms with Crippen LogP contribution in [0.4, 0.5) is 0 Å². The van der Waals surface area contributed by atoms with E-state index in [4.69, 9.17) is 9.40 Å². The lowest BCUT2D eigenvalue weighted by Gasteiger charge is -2.37. The normalized spacial score (nSPS) is 20.5. The maximum absolute atomic E-state index is 14.1. The van der Waals surface area contributed by atoms with Crippen molar-refractivity contribution in [2.75, 3.05) is 6.54 Å². The number of pyridine rings is 1. The molecule has 1 aliphatic heterocycles. The van der Waals surface area contributed by atoms with E-state index in [9.17, 15) is 9.90 Å². The number of rotatable bonds is 4. The first-order valence-corrected chi connectivity index (χ1v) is 11.7. The molecule has 4 aromatic rings. The summed E-state index contributed by atoms with van der Waals surface area (Å²) < 4.78 is 5.96. The Morgan fingerprint density at radius 2 is 1.94 bits per heavy atom. The molecule has 1 saturated carbocycles. The molecule has 2 aliphatic rings. The number of oxazole rings is 1. The third-order valence-electron chi connectivity index (χ3n) is 6.75. The number of carbonyl (C=O) groups excluding carboxylic acids is 1. The van der Waals surface area contributed by atoms with Crippen LogP contribution in [-0.2, 0) is 5.60 Å². The van der Waals surface area contributed by atoms with Gasteiger partial charge in [-0.2, -0.15) is 0 Å². The number of benzene rings is 1. The second-order valence-corrected chi connectivity index (χ2v) is 9.99. The average molecular weight is 458 g/mol. The highest BCUT2D eigenvalue weighted by Gasteiger charge is 2.43. The molecule has 2 atom stereocenters. The first-order valence-electron chi connectivity index (χ1n) is 11.7. The number of aromatic nitrogens is 4. The smallest absolute Gasteiger partial charge is 0.292 e. The highest BCUT2D eigenvalue weighted by Crippen LogP contribution is 2.44. The number of fused-ring (bicyclic) bond motifs is 2. The first kappa shape index (κ1) is 21.0. The molecule has 1 aliphatic carbocycles. The third-order valence-corrected chi connectivity index (χ3v) is 6.75. The van der Waals surface area contributed by atoms with Gasteiger partial charge in [-0.15, -0.1) is 0 Å². The van der Waals surface area contributed by atoms with Crippen LogP contribution in [0.3, 0.4) is 0 Å². The van der Waals surface area contributed by atoms with Crippen molar-refractivity contribution in [1.82, 2.24) is 24.8 Å². The average Bonchev–Trinajstić information content (AvgIpc) is 3.35. The number of hydrogen-bond acceptors (Lipinski definition) is 6. The molecule has 3 aromatic heterocycles. The van der Waals surface area contributed by atoms with E-state index in [2.05, 4.69) is 21.9 Å². The SMILES string of the molecule is C[C@@H]1CN(C(=O)c2oc(C(C)(C)O)nc2C2CC2)[C@H](c2cc3ccccc3cn2)c2[nH]cnc21. The quantitative estimate of drug-likeness (QED) is 0.470. The van der Waals surface area contributed by atoms with E-state index in [1.165, 1.54) is 0 Å². The van der Waals surface area contributed by atoms with Crippen molar-refractivity contribution in [2.24, 2.45) is 0 Å². The zero-order valence-corrected chi connectivity index (χ0v) is 19.4. The van der Waals surface area contributed by atoms with Crippen LogP contribution >= 0.6 is 0 Å². The number of nitrogens with one attached hydrogen (secondary N) is 1. The first-order chi connectivity index (χ1) is 16.3. The molecule has 1 aromatic carbocycles. The van der Waals surface area contributed by atoms with Gasteiger partial charge in [0, 0.05) is 30.0 Å². The lowest BCUT2D eigenvalue weighted by Crippen LogP contribution is -2.42. The molecular weight excluding hydrogens is 430 g/mol. The molecule has 0 saturated heterocycles. The fourth-order valence-electron chi connectivity index (χ4n) is 4.84. The number of hydrogen-bond donors (Lipinski definition) is 2. The molecule has 2 N–H and O–H groups in total. The molecule has 8 heteroatoms. The summed E-state index contributed by atoms with van der Waals surface area (Å²) in [6.07, 6.45) is 5.46. The van der Waals surface area contributed by atoms with Crippen LogP contribution in [0.2, 0.25) is 0 Å². The molecule has 0 spiro atoms. The molecule has 0 bridgehead atoms. The Kier molecular flexibility index (Phi) is 4.64. The minimum Gasteiger partial charge on any atom is -0.432 e. The van der Waals surface area contributed by atoms with Crippen molar-refractivity contribution >= 4 is 16.7 Å². The number of aromatic amines is 1. The van der Waals surface area contributed by atoms with Gasteiger partial charge in [0.1, 0.15) is 11.6 Å². The van der Waals surface area contributed by atoms with Crippen LogP contribution in [0.1, 0.15) is 90.7 Å². The fourth-order valence-corrected chi connectivity index (χ4v) is 4.84. The van der Waals surface area contributed by atoms with Gasteiger partial charge in [0.25, 0.3) is 5.91 Å². The maximum atomic E-state index is 14.1. The monoisotopic (exact) mass is 457 g/mol. The van der Waals surface area contributed by atoms with Gasteiger partial charge in [-0.05, 0) is 38.1 Å². The second-order valence-electron chi connectivity index (χ2n) is 9.99. The lowest BCUT2D eigenvalue weighted by molar-refractivity contribution is 0.0437. The van der Waals surface area contributed by atoms with Crippen molar-refractivity contribution in [3.8, 4) is 0 Å². The number of aliphatic hydroxyl groups is 1.